The van der Waals surface area contributed by atoms with Crippen molar-refractivity contribution in [3.05, 3.63) is 47.3 Å². The molecule has 26 heavy (non-hydrogen) atoms. The molecule has 0 radical (unpaired) electrons. The minimum Gasteiger partial charge on any atom is -0.493 e. The topological polar surface area (TPSA) is 41.5 Å². The highest BCUT2D eigenvalue weighted by atomic mass is 16.5. The monoisotopic (exact) mass is 352 g/mol. The van der Waals surface area contributed by atoms with Gasteiger partial charge in [-0.1, -0.05) is 12.1 Å². The lowest BCUT2D eigenvalue weighted by atomic mass is 10.0. The zero-order chi connectivity index (χ0) is 17.9. The Balaban J connectivity index is 1.35. The highest BCUT2D eigenvalue weighted by Gasteiger charge is 2.24. The van der Waals surface area contributed by atoms with Crippen molar-refractivity contribution in [1.29, 1.82) is 0 Å². The number of hydrogen-bond donors (Lipinski definition) is 0. The Morgan fingerprint density at radius 2 is 2.23 bits per heavy atom. The summed E-state index contributed by atoms with van der Waals surface area (Å²) in [7, 11) is 2.13. The summed E-state index contributed by atoms with van der Waals surface area (Å²) in [6.45, 7) is 6.24. The van der Waals surface area contributed by atoms with E-state index in [1.165, 1.54) is 30.5 Å². The number of likely N-dealkylation sites (N-methyl/N-ethyl adjacent to an activating group) is 1. The molecule has 3 heterocycles. The van der Waals surface area contributed by atoms with Gasteiger partial charge >= 0.3 is 0 Å². The summed E-state index contributed by atoms with van der Waals surface area (Å²) in [5.41, 5.74) is 3.82. The third-order valence-electron chi connectivity index (χ3n) is 5.60. The first-order valence-electron chi connectivity index (χ1n) is 9.68. The van der Waals surface area contributed by atoms with E-state index in [-0.39, 0.29) is 0 Å². The molecule has 1 aromatic carbocycles. The highest BCUT2D eigenvalue weighted by molar-refractivity contribution is 5.40. The minimum atomic E-state index is 0.485. The Morgan fingerprint density at radius 1 is 1.31 bits per heavy atom. The van der Waals surface area contributed by atoms with E-state index >= 15 is 0 Å². The van der Waals surface area contributed by atoms with E-state index in [1.807, 2.05) is 19.2 Å². The summed E-state index contributed by atoms with van der Waals surface area (Å²) >= 11 is 0. The first-order valence-corrected chi connectivity index (χ1v) is 9.68. The van der Waals surface area contributed by atoms with E-state index in [2.05, 4.69) is 45.0 Å². The van der Waals surface area contributed by atoms with Gasteiger partial charge in [-0.05, 0) is 56.0 Å². The van der Waals surface area contributed by atoms with Crippen LogP contribution in [0.2, 0.25) is 0 Å². The van der Waals surface area contributed by atoms with Crippen LogP contribution in [0.25, 0.3) is 0 Å². The van der Waals surface area contributed by atoms with Gasteiger partial charge in [0.15, 0.2) is 0 Å². The summed E-state index contributed by atoms with van der Waals surface area (Å²) in [5.74, 6) is 1.92. The Labute approximate surface area is 156 Å². The smallest absolute Gasteiger partial charge is 0.225 e. The standard InChI is InChI=1S/C21H28N4O/c1-16-7-10-22-21(23-16)24(2)19-4-3-11-25(15-19)12-8-17-5-6-20-18(14-17)9-13-26-20/h5-7,10,14,19H,3-4,8-9,11-13,15H2,1-2H3. The molecule has 4 rings (SSSR count). The highest BCUT2D eigenvalue weighted by Crippen LogP contribution is 2.26. The van der Waals surface area contributed by atoms with Gasteiger partial charge < -0.3 is 14.5 Å². The molecular weight excluding hydrogens is 324 g/mol. The van der Waals surface area contributed by atoms with Gasteiger partial charge in [0.2, 0.25) is 5.95 Å². The summed E-state index contributed by atoms with van der Waals surface area (Å²) in [6.07, 6.45) is 6.45. The second-order valence-electron chi connectivity index (χ2n) is 7.50. The van der Waals surface area contributed by atoms with E-state index in [4.69, 9.17) is 4.74 Å². The fourth-order valence-corrected chi connectivity index (χ4v) is 4.00. The van der Waals surface area contributed by atoms with Gasteiger partial charge in [-0.2, -0.15) is 0 Å². The number of anilines is 1. The molecule has 5 heteroatoms. The fourth-order valence-electron chi connectivity index (χ4n) is 4.00. The number of aryl methyl sites for hydroxylation is 1. The summed E-state index contributed by atoms with van der Waals surface area (Å²) in [4.78, 5) is 13.9. The SMILES string of the molecule is Cc1ccnc(N(C)C2CCCN(CCc3ccc4c(c3)CCO4)C2)n1. The van der Waals surface area contributed by atoms with Gasteiger partial charge in [-0.3, -0.25) is 0 Å². The number of hydrogen-bond acceptors (Lipinski definition) is 5. The maximum absolute atomic E-state index is 5.61. The quantitative estimate of drug-likeness (QED) is 0.828. The predicted octanol–water partition coefficient (Wildman–Crippen LogP) is 2.86. The molecule has 1 saturated heterocycles. The van der Waals surface area contributed by atoms with Crippen LogP contribution in [0.15, 0.2) is 30.5 Å². The molecular formula is C21H28N4O. The van der Waals surface area contributed by atoms with Gasteiger partial charge in [0.05, 0.1) is 6.61 Å². The average molecular weight is 352 g/mol. The van der Waals surface area contributed by atoms with Crippen LogP contribution in [-0.4, -0.2) is 54.2 Å². The molecule has 0 aliphatic carbocycles. The molecule has 1 aromatic heterocycles. The van der Waals surface area contributed by atoms with Crippen LogP contribution in [0, 0.1) is 6.92 Å². The van der Waals surface area contributed by atoms with Gasteiger partial charge in [-0.15, -0.1) is 0 Å². The van der Waals surface area contributed by atoms with Crippen LogP contribution in [0.1, 0.15) is 29.7 Å². The normalized spacial score (nSPS) is 19.8. The molecule has 2 aliphatic heterocycles. The molecule has 5 nitrogen and oxygen atoms in total. The van der Waals surface area contributed by atoms with Gasteiger partial charge in [0, 0.05) is 44.5 Å². The van der Waals surface area contributed by atoms with Gasteiger partial charge in [-0.25, -0.2) is 9.97 Å². The van der Waals surface area contributed by atoms with Crippen LogP contribution in [0.3, 0.4) is 0 Å². The predicted molar refractivity (Wildman–Crippen MR) is 104 cm³/mol. The van der Waals surface area contributed by atoms with Crippen molar-refractivity contribution in [2.45, 2.75) is 38.6 Å². The van der Waals surface area contributed by atoms with Crippen LogP contribution >= 0.6 is 0 Å². The maximum atomic E-state index is 5.61. The molecule has 0 amide bonds. The molecule has 1 unspecified atom stereocenters. The lowest BCUT2D eigenvalue weighted by molar-refractivity contribution is 0.208. The van der Waals surface area contributed by atoms with Gasteiger partial charge in [0.1, 0.15) is 5.75 Å². The summed E-state index contributed by atoms with van der Waals surface area (Å²) in [5, 5.41) is 0. The zero-order valence-electron chi connectivity index (χ0n) is 15.8. The molecule has 2 aliphatic rings. The number of likely N-dealkylation sites (tertiary alicyclic amines) is 1. The van der Waals surface area contributed by atoms with Crippen molar-refractivity contribution < 1.29 is 4.74 Å². The van der Waals surface area contributed by atoms with Crippen LogP contribution < -0.4 is 9.64 Å². The molecule has 0 bridgehead atoms. The third kappa shape index (κ3) is 3.83. The first-order chi connectivity index (χ1) is 12.7. The maximum Gasteiger partial charge on any atom is 0.225 e. The molecule has 0 saturated carbocycles. The second kappa shape index (κ2) is 7.62. The van der Waals surface area contributed by atoms with E-state index in [9.17, 15) is 0 Å². The van der Waals surface area contributed by atoms with Gasteiger partial charge in [0.25, 0.3) is 0 Å². The van der Waals surface area contributed by atoms with Crippen LogP contribution in [0.4, 0.5) is 5.95 Å². The van der Waals surface area contributed by atoms with Crippen LogP contribution in [0.5, 0.6) is 5.75 Å². The number of ether oxygens (including phenoxy) is 1. The van der Waals surface area contributed by atoms with Crippen molar-refractivity contribution in [2.75, 3.05) is 38.2 Å². The Hall–Kier alpha value is -2.14. The van der Waals surface area contributed by atoms with Crippen molar-refractivity contribution >= 4 is 5.95 Å². The Bertz CT molecular complexity index is 763. The van der Waals surface area contributed by atoms with E-state index in [1.54, 1.807) is 0 Å². The summed E-state index contributed by atoms with van der Waals surface area (Å²) < 4.78 is 5.61. The number of nitrogens with zero attached hydrogens (tertiary/aromatic N) is 4. The number of aromatic nitrogens is 2. The van der Waals surface area contributed by atoms with Crippen molar-refractivity contribution in [3.63, 3.8) is 0 Å². The fraction of sp³-hybridized carbons (Fsp3) is 0.524. The number of piperidine rings is 1. The molecule has 1 atom stereocenters. The lowest BCUT2D eigenvalue weighted by Gasteiger charge is -2.37. The van der Waals surface area contributed by atoms with Crippen molar-refractivity contribution in [1.82, 2.24) is 14.9 Å². The Morgan fingerprint density at radius 3 is 3.12 bits per heavy atom. The first kappa shape index (κ1) is 17.3. The zero-order valence-corrected chi connectivity index (χ0v) is 15.8. The average Bonchev–Trinajstić information content (AvgIpc) is 3.14. The van der Waals surface area contributed by atoms with E-state index < -0.39 is 0 Å². The molecule has 1 fully saturated rings. The molecule has 0 N–H and O–H groups in total. The lowest BCUT2D eigenvalue weighted by Crippen LogP contribution is -2.47. The van der Waals surface area contributed by atoms with Crippen molar-refractivity contribution in [2.24, 2.45) is 0 Å². The number of benzene rings is 1. The van der Waals surface area contributed by atoms with E-state index in [0.29, 0.717) is 6.04 Å². The molecule has 138 valence electrons. The third-order valence-corrected chi connectivity index (χ3v) is 5.60. The number of rotatable bonds is 5. The van der Waals surface area contributed by atoms with Crippen molar-refractivity contribution in [3.8, 4) is 5.75 Å². The Kier molecular flexibility index (Phi) is 5.07. The second-order valence-corrected chi connectivity index (χ2v) is 7.50. The largest absolute Gasteiger partial charge is 0.493 e. The minimum absolute atomic E-state index is 0.485. The van der Waals surface area contributed by atoms with E-state index in [0.717, 1.165) is 49.9 Å². The van der Waals surface area contributed by atoms with Crippen LogP contribution in [-0.2, 0) is 12.8 Å². The molecule has 2 aromatic rings. The summed E-state index contributed by atoms with van der Waals surface area (Å²) in [6, 6.07) is 9.12. The number of fused-ring (bicyclic) bond motifs is 1. The molecule has 0 spiro atoms.